The van der Waals surface area contributed by atoms with Gasteiger partial charge < -0.3 is 9.47 Å². The van der Waals surface area contributed by atoms with Crippen molar-refractivity contribution in [1.82, 2.24) is 0 Å². The Bertz CT molecular complexity index is 1360. The van der Waals surface area contributed by atoms with Crippen molar-refractivity contribution in [2.24, 2.45) is 0 Å². The van der Waals surface area contributed by atoms with Crippen molar-refractivity contribution in [3.8, 4) is 17.2 Å². The van der Waals surface area contributed by atoms with E-state index in [0.717, 1.165) is 50.0 Å². The number of amides is 1. The van der Waals surface area contributed by atoms with Gasteiger partial charge in [-0.25, -0.2) is 9.69 Å². The number of para-hydroxylation sites is 1. The van der Waals surface area contributed by atoms with Crippen LogP contribution in [-0.4, -0.2) is 12.8 Å². The van der Waals surface area contributed by atoms with E-state index >= 15 is 0 Å². The summed E-state index contributed by atoms with van der Waals surface area (Å²) in [6.07, 6.45) is -0.377. The molecule has 7 rings (SSSR count). The van der Waals surface area contributed by atoms with Gasteiger partial charge in [-0.1, -0.05) is 48.5 Å². The second-order valence-electron chi connectivity index (χ2n) is 7.32. The normalized spacial score (nSPS) is 14.9. The summed E-state index contributed by atoms with van der Waals surface area (Å²) in [7, 11) is 0. The molecule has 130 valence electrons. The molecule has 0 radical (unpaired) electrons. The van der Waals surface area contributed by atoms with Crippen molar-refractivity contribution in [3.63, 3.8) is 0 Å². The zero-order valence-electron chi connectivity index (χ0n) is 14.7. The van der Waals surface area contributed by atoms with Crippen molar-refractivity contribution >= 4 is 51.3 Å². The topological polar surface area (TPSA) is 38.8 Å². The average molecular weight is 361 g/mol. The Kier molecular flexibility index (Phi) is 2.44. The van der Waals surface area contributed by atoms with E-state index in [1.54, 1.807) is 4.90 Å². The van der Waals surface area contributed by atoms with Gasteiger partial charge in [0.1, 0.15) is 17.2 Å². The number of carbonyl (C=O) groups is 1. The fourth-order valence-corrected chi connectivity index (χ4v) is 4.87. The number of rotatable bonds is 0. The number of fused-ring (bicyclic) bond motifs is 4. The summed E-state index contributed by atoms with van der Waals surface area (Å²) in [6, 6.07) is 24.1. The molecule has 0 atom stereocenters. The van der Waals surface area contributed by atoms with E-state index in [0.29, 0.717) is 5.75 Å². The number of nitrogens with zero attached hydrogens (tertiary/aromatic N) is 1. The minimum absolute atomic E-state index is 0.0192. The minimum atomic E-state index is -0.377. The zero-order chi connectivity index (χ0) is 18.4. The van der Waals surface area contributed by atoms with Gasteiger partial charge in [0.2, 0.25) is 0 Å². The summed E-state index contributed by atoms with van der Waals surface area (Å²) in [5.41, 5.74) is 5.00. The molecule has 28 heavy (non-hydrogen) atoms. The molecular weight excluding hydrogens is 349 g/mol. The monoisotopic (exact) mass is 361 g/mol. The largest absolute Gasteiger partial charge is 0.458 e. The molecule has 0 fully saturated rings. The molecule has 0 aliphatic carbocycles. The molecule has 0 unspecified atom stereocenters. The van der Waals surface area contributed by atoms with Gasteiger partial charge in [0.15, 0.2) is 0 Å². The lowest BCUT2D eigenvalue weighted by Gasteiger charge is -2.40. The van der Waals surface area contributed by atoms with Crippen molar-refractivity contribution in [2.75, 3.05) is 4.90 Å². The van der Waals surface area contributed by atoms with Crippen LogP contribution in [0.5, 0.6) is 17.2 Å². The predicted molar refractivity (Wildman–Crippen MR) is 110 cm³/mol. The summed E-state index contributed by atoms with van der Waals surface area (Å²) < 4.78 is 11.9. The maximum Gasteiger partial charge on any atom is 0.424 e. The summed E-state index contributed by atoms with van der Waals surface area (Å²) in [5, 5.41) is 2.05. The first-order valence-electron chi connectivity index (χ1n) is 9.28. The van der Waals surface area contributed by atoms with E-state index in [4.69, 9.17) is 9.47 Å². The van der Waals surface area contributed by atoms with Gasteiger partial charge in [-0.2, -0.15) is 0 Å². The highest BCUT2D eigenvalue weighted by Gasteiger charge is 2.45. The van der Waals surface area contributed by atoms with Crippen LogP contribution in [0.1, 0.15) is 0 Å². The highest BCUT2D eigenvalue weighted by Crippen LogP contribution is 2.44. The number of carbonyl (C=O) groups excluding carboxylic acids is 1. The van der Waals surface area contributed by atoms with Crippen molar-refractivity contribution in [3.05, 3.63) is 72.8 Å². The molecule has 3 aliphatic rings. The Morgan fingerprint density at radius 2 is 1.54 bits per heavy atom. The van der Waals surface area contributed by atoms with Crippen molar-refractivity contribution < 1.29 is 14.3 Å². The summed E-state index contributed by atoms with van der Waals surface area (Å²) >= 11 is 0. The zero-order valence-corrected chi connectivity index (χ0v) is 14.7. The van der Waals surface area contributed by atoms with Crippen LogP contribution in [0.2, 0.25) is 0 Å². The van der Waals surface area contributed by atoms with Gasteiger partial charge in [0.05, 0.1) is 11.4 Å². The van der Waals surface area contributed by atoms with E-state index in [1.807, 2.05) is 48.5 Å². The lowest BCUT2D eigenvalue weighted by Crippen LogP contribution is -2.61. The van der Waals surface area contributed by atoms with Gasteiger partial charge in [-0.3, -0.25) is 0 Å². The maximum atomic E-state index is 13.0. The lowest BCUT2D eigenvalue weighted by molar-refractivity contribution is 0.210. The number of hydrogen-bond acceptors (Lipinski definition) is 3. The lowest BCUT2D eigenvalue weighted by atomic mass is 9.34. The van der Waals surface area contributed by atoms with E-state index < -0.39 is 0 Å². The number of anilines is 2. The van der Waals surface area contributed by atoms with Crippen LogP contribution in [0.25, 0.3) is 10.8 Å². The Labute approximate surface area is 161 Å². The Morgan fingerprint density at radius 1 is 0.714 bits per heavy atom. The first-order chi connectivity index (χ1) is 13.8. The van der Waals surface area contributed by atoms with Crippen LogP contribution in [0.4, 0.5) is 16.2 Å². The molecular formula is C23H12BNO3. The van der Waals surface area contributed by atoms with Gasteiger partial charge in [0, 0.05) is 5.39 Å². The van der Waals surface area contributed by atoms with Crippen LogP contribution in [0, 0.1) is 0 Å². The first-order valence-corrected chi connectivity index (χ1v) is 9.28. The first kappa shape index (κ1) is 14.3. The van der Waals surface area contributed by atoms with E-state index in [9.17, 15) is 4.79 Å². The van der Waals surface area contributed by atoms with Gasteiger partial charge in [-0.05, 0) is 46.0 Å². The molecule has 0 saturated carbocycles. The third kappa shape index (κ3) is 1.56. The molecule has 5 heteroatoms. The van der Waals surface area contributed by atoms with Gasteiger partial charge in [0.25, 0.3) is 6.71 Å². The highest BCUT2D eigenvalue weighted by molar-refractivity contribution is 6.99. The molecule has 0 spiro atoms. The fraction of sp³-hybridized carbons (Fsp3) is 0. The number of hydrogen-bond donors (Lipinski definition) is 0. The summed E-state index contributed by atoms with van der Waals surface area (Å²) in [4.78, 5) is 14.7. The van der Waals surface area contributed by atoms with Crippen LogP contribution in [0.15, 0.2) is 72.8 Å². The van der Waals surface area contributed by atoms with Crippen LogP contribution in [-0.2, 0) is 0 Å². The van der Waals surface area contributed by atoms with Crippen LogP contribution in [0.3, 0.4) is 0 Å². The third-order valence-corrected chi connectivity index (χ3v) is 5.95. The number of ether oxygens (including phenoxy) is 2. The van der Waals surface area contributed by atoms with Gasteiger partial charge >= 0.3 is 6.09 Å². The quantitative estimate of drug-likeness (QED) is 0.397. The smallest absolute Gasteiger partial charge is 0.424 e. The third-order valence-electron chi connectivity index (χ3n) is 5.95. The van der Waals surface area contributed by atoms with E-state index in [1.165, 1.54) is 0 Å². The summed E-state index contributed by atoms with van der Waals surface area (Å²) in [6.45, 7) is 0.0192. The fourth-order valence-electron chi connectivity index (χ4n) is 4.87. The molecule has 0 bridgehead atoms. The van der Waals surface area contributed by atoms with E-state index in [-0.39, 0.29) is 12.8 Å². The SMILES string of the molecule is O=C1Oc2cccc3ccc4c(c23)N1c1cccc2c1B4c1ccccc1O2. The van der Waals surface area contributed by atoms with E-state index in [2.05, 4.69) is 24.3 Å². The molecule has 0 N–H and O–H groups in total. The minimum Gasteiger partial charge on any atom is -0.458 e. The molecule has 0 aromatic heterocycles. The molecule has 3 aliphatic heterocycles. The molecule has 4 nitrogen and oxygen atoms in total. The second kappa shape index (κ2) is 4.76. The predicted octanol–water partition coefficient (Wildman–Crippen LogP) is 3.43. The van der Waals surface area contributed by atoms with Crippen molar-refractivity contribution in [2.45, 2.75) is 0 Å². The highest BCUT2D eigenvalue weighted by atomic mass is 16.6. The Balaban J connectivity index is 1.68. The molecule has 3 heterocycles. The Morgan fingerprint density at radius 3 is 2.50 bits per heavy atom. The molecule has 1 amide bonds. The van der Waals surface area contributed by atoms with Crippen LogP contribution < -0.4 is 30.8 Å². The summed E-state index contributed by atoms with van der Waals surface area (Å²) in [5.74, 6) is 2.28. The Hall–Kier alpha value is -3.73. The maximum absolute atomic E-state index is 13.0. The van der Waals surface area contributed by atoms with Crippen LogP contribution >= 0.6 is 0 Å². The molecule has 4 aromatic carbocycles. The number of benzene rings is 4. The van der Waals surface area contributed by atoms with Gasteiger partial charge in [-0.15, -0.1) is 0 Å². The molecule has 0 saturated heterocycles. The van der Waals surface area contributed by atoms with Crippen molar-refractivity contribution in [1.29, 1.82) is 0 Å². The average Bonchev–Trinajstić information content (AvgIpc) is 2.73. The standard InChI is InChI=1S/C23H12BNO3/c26-23-25-16-7-4-10-19-21(16)24(14-6-1-2-8-17(14)27-19)15-12-11-13-5-3-9-18(28-23)20(13)22(15)25/h1-12H. The molecule has 4 aromatic rings. The second-order valence-corrected chi connectivity index (χ2v) is 7.32.